The first kappa shape index (κ1) is 14.9. The molecule has 1 aromatic carbocycles. The smallest absolute Gasteiger partial charge is 0.229 e. The summed E-state index contributed by atoms with van der Waals surface area (Å²) in [7, 11) is 0. The summed E-state index contributed by atoms with van der Waals surface area (Å²) in [6.45, 7) is 2.41. The van der Waals surface area contributed by atoms with Crippen molar-refractivity contribution in [3.8, 4) is 0 Å². The van der Waals surface area contributed by atoms with E-state index >= 15 is 0 Å². The highest BCUT2D eigenvalue weighted by atomic mass is 19.1. The zero-order valence-electron chi connectivity index (χ0n) is 12.6. The standard InChI is InChI=1S/C17H16FN5/c1-12-10-16(20-11-13-6-4-5-9-19-13)23-17(21-12)22-15-8-3-2-7-14(15)18/h2-10H,11H2,1H3,(H2,20,21,22,23). The lowest BCUT2D eigenvalue weighted by atomic mass is 10.3. The van der Waals surface area contributed by atoms with Crippen LogP contribution in [0.4, 0.5) is 21.8 Å². The number of hydrogen-bond donors (Lipinski definition) is 2. The van der Waals surface area contributed by atoms with Gasteiger partial charge in [0.2, 0.25) is 5.95 Å². The van der Waals surface area contributed by atoms with Crippen molar-refractivity contribution >= 4 is 17.5 Å². The summed E-state index contributed by atoms with van der Waals surface area (Å²) < 4.78 is 13.7. The first-order chi connectivity index (χ1) is 11.2. The maximum absolute atomic E-state index is 13.7. The number of benzene rings is 1. The number of rotatable bonds is 5. The molecule has 0 aliphatic rings. The maximum Gasteiger partial charge on any atom is 0.229 e. The van der Waals surface area contributed by atoms with Gasteiger partial charge in [-0.05, 0) is 31.2 Å². The molecule has 0 amide bonds. The summed E-state index contributed by atoms with van der Waals surface area (Å²) in [5.74, 6) is 0.654. The highest BCUT2D eigenvalue weighted by Gasteiger charge is 2.06. The second-order valence-electron chi connectivity index (χ2n) is 5.00. The third-order valence-electron chi connectivity index (χ3n) is 3.15. The molecule has 0 fully saturated rings. The molecule has 2 heterocycles. The number of pyridine rings is 1. The zero-order valence-corrected chi connectivity index (χ0v) is 12.6. The van der Waals surface area contributed by atoms with Gasteiger partial charge >= 0.3 is 0 Å². The van der Waals surface area contributed by atoms with Crippen molar-refractivity contribution in [3.63, 3.8) is 0 Å². The molecule has 0 spiro atoms. The van der Waals surface area contributed by atoms with Gasteiger partial charge in [0.15, 0.2) is 0 Å². The summed E-state index contributed by atoms with van der Waals surface area (Å²) in [6.07, 6.45) is 1.74. The van der Waals surface area contributed by atoms with Crippen molar-refractivity contribution in [2.24, 2.45) is 0 Å². The Morgan fingerprint density at radius 3 is 2.65 bits per heavy atom. The Labute approximate surface area is 133 Å². The topological polar surface area (TPSA) is 62.7 Å². The van der Waals surface area contributed by atoms with E-state index in [1.54, 1.807) is 24.4 Å². The largest absolute Gasteiger partial charge is 0.364 e. The summed E-state index contributed by atoms with van der Waals surface area (Å²) >= 11 is 0. The minimum Gasteiger partial charge on any atom is -0.364 e. The molecule has 2 aromatic heterocycles. The summed E-state index contributed by atoms with van der Waals surface area (Å²) in [5, 5.41) is 6.09. The van der Waals surface area contributed by atoms with Crippen molar-refractivity contribution in [2.75, 3.05) is 10.6 Å². The van der Waals surface area contributed by atoms with Crippen LogP contribution in [0, 0.1) is 12.7 Å². The van der Waals surface area contributed by atoms with Gasteiger partial charge < -0.3 is 10.6 Å². The molecule has 2 N–H and O–H groups in total. The van der Waals surface area contributed by atoms with E-state index in [0.29, 0.717) is 24.0 Å². The Balaban J connectivity index is 1.75. The summed E-state index contributed by atoms with van der Waals surface area (Å²) in [4.78, 5) is 12.9. The lowest BCUT2D eigenvalue weighted by Crippen LogP contribution is -2.06. The molecule has 23 heavy (non-hydrogen) atoms. The van der Waals surface area contributed by atoms with Crippen LogP contribution < -0.4 is 10.6 Å². The van der Waals surface area contributed by atoms with Gasteiger partial charge in [-0.3, -0.25) is 4.98 Å². The molecule has 0 radical (unpaired) electrons. The number of anilines is 3. The van der Waals surface area contributed by atoms with E-state index in [0.717, 1.165) is 11.4 Å². The van der Waals surface area contributed by atoms with E-state index < -0.39 is 0 Å². The summed E-state index contributed by atoms with van der Waals surface area (Å²) in [6, 6.07) is 14.0. The van der Waals surface area contributed by atoms with Crippen molar-refractivity contribution in [2.45, 2.75) is 13.5 Å². The molecule has 0 saturated heterocycles. The average molecular weight is 309 g/mol. The Hall–Kier alpha value is -3.02. The van der Waals surface area contributed by atoms with Crippen LogP contribution in [-0.2, 0) is 6.54 Å². The van der Waals surface area contributed by atoms with E-state index in [4.69, 9.17) is 0 Å². The van der Waals surface area contributed by atoms with Gasteiger partial charge in [-0.15, -0.1) is 0 Å². The van der Waals surface area contributed by atoms with Crippen LogP contribution in [0.1, 0.15) is 11.4 Å². The average Bonchev–Trinajstić information content (AvgIpc) is 2.56. The van der Waals surface area contributed by atoms with Crippen LogP contribution in [0.2, 0.25) is 0 Å². The van der Waals surface area contributed by atoms with Crippen molar-refractivity contribution in [1.82, 2.24) is 15.0 Å². The fraction of sp³-hybridized carbons (Fsp3) is 0.118. The molecule has 0 aliphatic carbocycles. The van der Waals surface area contributed by atoms with E-state index in [9.17, 15) is 4.39 Å². The number of para-hydroxylation sites is 1. The number of aromatic nitrogens is 3. The van der Waals surface area contributed by atoms with E-state index in [1.165, 1.54) is 6.07 Å². The van der Waals surface area contributed by atoms with Gasteiger partial charge in [0.1, 0.15) is 11.6 Å². The molecule has 0 aliphatic heterocycles. The Kier molecular flexibility index (Phi) is 4.42. The fourth-order valence-corrected chi connectivity index (χ4v) is 2.08. The lowest BCUT2D eigenvalue weighted by molar-refractivity contribution is 0.631. The highest BCUT2D eigenvalue weighted by molar-refractivity contribution is 5.55. The van der Waals surface area contributed by atoms with Crippen LogP contribution >= 0.6 is 0 Å². The number of halogens is 1. The zero-order chi connectivity index (χ0) is 16.1. The Morgan fingerprint density at radius 1 is 1.04 bits per heavy atom. The second kappa shape index (κ2) is 6.83. The van der Waals surface area contributed by atoms with Gasteiger partial charge in [0, 0.05) is 18.0 Å². The number of nitrogens with zero attached hydrogens (tertiary/aromatic N) is 3. The van der Waals surface area contributed by atoms with Gasteiger partial charge in [0.05, 0.1) is 17.9 Å². The molecule has 6 heteroatoms. The third kappa shape index (κ3) is 4.00. The fourth-order valence-electron chi connectivity index (χ4n) is 2.08. The molecule has 0 saturated carbocycles. The minimum absolute atomic E-state index is 0.341. The molecule has 116 valence electrons. The molecule has 0 bridgehead atoms. The Morgan fingerprint density at radius 2 is 1.87 bits per heavy atom. The normalized spacial score (nSPS) is 10.3. The third-order valence-corrected chi connectivity index (χ3v) is 3.15. The summed E-state index contributed by atoms with van der Waals surface area (Å²) in [5.41, 5.74) is 2.03. The van der Waals surface area contributed by atoms with Crippen LogP contribution in [0.15, 0.2) is 54.7 Å². The quantitative estimate of drug-likeness (QED) is 0.753. The lowest BCUT2D eigenvalue weighted by Gasteiger charge is -2.10. The van der Waals surface area contributed by atoms with Crippen LogP contribution in [0.25, 0.3) is 0 Å². The molecule has 0 atom stereocenters. The molecule has 0 unspecified atom stereocenters. The van der Waals surface area contributed by atoms with Gasteiger partial charge in [-0.25, -0.2) is 9.37 Å². The van der Waals surface area contributed by atoms with Crippen molar-refractivity contribution < 1.29 is 4.39 Å². The second-order valence-corrected chi connectivity index (χ2v) is 5.00. The monoisotopic (exact) mass is 309 g/mol. The predicted octanol–water partition coefficient (Wildman–Crippen LogP) is 3.67. The van der Waals surface area contributed by atoms with E-state index in [2.05, 4.69) is 25.6 Å². The van der Waals surface area contributed by atoms with Gasteiger partial charge in [-0.2, -0.15) is 4.98 Å². The number of aryl methyl sites for hydroxylation is 1. The Bertz CT molecular complexity index is 792. The van der Waals surface area contributed by atoms with Gasteiger partial charge in [-0.1, -0.05) is 18.2 Å². The van der Waals surface area contributed by atoms with Crippen LogP contribution in [0.5, 0.6) is 0 Å². The molecule has 5 nitrogen and oxygen atoms in total. The number of hydrogen-bond acceptors (Lipinski definition) is 5. The van der Waals surface area contributed by atoms with Crippen LogP contribution in [0.3, 0.4) is 0 Å². The predicted molar refractivity (Wildman–Crippen MR) is 88.0 cm³/mol. The van der Waals surface area contributed by atoms with Gasteiger partial charge in [0.25, 0.3) is 0 Å². The minimum atomic E-state index is -0.347. The SMILES string of the molecule is Cc1cc(NCc2ccccn2)nc(Nc2ccccc2F)n1. The molecule has 3 aromatic rings. The van der Waals surface area contributed by atoms with Crippen molar-refractivity contribution in [1.29, 1.82) is 0 Å². The van der Waals surface area contributed by atoms with Crippen molar-refractivity contribution in [3.05, 3.63) is 71.9 Å². The van der Waals surface area contributed by atoms with E-state index in [-0.39, 0.29) is 5.82 Å². The first-order valence-corrected chi connectivity index (χ1v) is 7.22. The molecular formula is C17H16FN5. The maximum atomic E-state index is 13.7. The highest BCUT2D eigenvalue weighted by Crippen LogP contribution is 2.18. The first-order valence-electron chi connectivity index (χ1n) is 7.22. The number of nitrogens with one attached hydrogen (secondary N) is 2. The molecule has 3 rings (SSSR count). The van der Waals surface area contributed by atoms with E-state index in [1.807, 2.05) is 31.2 Å². The molecular weight excluding hydrogens is 293 g/mol. The van der Waals surface area contributed by atoms with Crippen LogP contribution in [-0.4, -0.2) is 15.0 Å².